The van der Waals surface area contributed by atoms with Crippen molar-refractivity contribution in [3.63, 3.8) is 0 Å². The molecule has 2 heterocycles. The average molecular weight is 1010 g/mol. The van der Waals surface area contributed by atoms with E-state index in [1.807, 2.05) is 0 Å². The van der Waals surface area contributed by atoms with Gasteiger partial charge in [0.15, 0.2) is 4.90 Å². The van der Waals surface area contributed by atoms with Gasteiger partial charge in [0, 0.05) is 13.0 Å². The summed E-state index contributed by atoms with van der Waals surface area (Å²) in [4.78, 5) is 52.7. The largest absolute Gasteiger partial charge is 0.478 e. The lowest BCUT2D eigenvalue weighted by Crippen LogP contribution is -2.40. The zero-order valence-electron chi connectivity index (χ0n) is 33.8. The summed E-state index contributed by atoms with van der Waals surface area (Å²) in [5, 5.41) is 25.0. The molecule has 0 aliphatic heterocycles. The molecule has 0 atom stereocenters. The van der Waals surface area contributed by atoms with E-state index in [4.69, 9.17) is 0 Å². The van der Waals surface area contributed by atoms with E-state index in [9.17, 15) is 76.7 Å². The van der Waals surface area contributed by atoms with E-state index in [1.54, 1.807) is 0 Å². The third-order valence-corrected chi connectivity index (χ3v) is 12.2. The molecule has 5 aromatic rings. The summed E-state index contributed by atoms with van der Waals surface area (Å²) in [6.07, 6.45) is 8.62. The van der Waals surface area contributed by atoms with E-state index >= 15 is 0 Å². The minimum Gasteiger partial charge on any atom is -0.478 e. The lowest BCUT2D eigenvalue weighted by atomic mass is 10.1. The van der Waals surface area contributed by atoms with Crippen molar-refractivity contribution < 1.29 is 76.1 Å². The first-order valence-corrected chi connectivity index (χ1v) is 23.9. The van der Waals surface area contributed by atoms with Crippen LogP contribution < -0.4 is 21.2 Å². The number of anilines is 1. The first-order chi connectivity index (χ1) is 31.6. The number of aromatic nitrogens is 4. The molecule has 1 aliphatic rings. The molecule has 27 nitrogen and oxygen atoms in total. The molecule has 2 aromatic heterocycles. The number of allylic oxidation sites excluding steroid dienone is 3. The Bertz CT molecular complexity index is 3760. The molecule has 0 fully saturated rings. The topological polar surface area (TPSA) is 425 Å². The second-order valence-corrected chi connectivity index (χ2v) is 19.1. The highest BCUT2D eigenvalue weighted by Gasteiger charge is 2.25. The van der Waals surface area contributed by atoms with Crippen LogP contribution in [0.5, 0.6) is 0 Å². The Morgan fingerprint density at radius 2 is 1.50 bits per heavy atom. The van der Waals surface area contributed by atoms with Crippen molar-refractivity contribution in [3.8, 4) is 5.95 Å². The number of carbonyl (C=O) groups excluding carboxylic acids is 1. The first-order valence-electron chi connectivity index (χ1n) is 18.2. The Hall–Kier alpha value is -8.04. The van der Waals surface area contributed by atoms with Crippen LogP contribution in [0, 0.1) is 10.1 Å². The number of hydrogen-bond acceptors (Lipinski definition) is 17. The minimum atomic E-state index is -5.06. The van der Waals surface area contributed by atoms with Crippen LogP contribution in [0.2, 0.25) is 0 Å². The number of carboxylic acids is 1. The number of aromatic carboxylic acids is 1. The summed E-state index contributed by atoms with van der Waals surface area (Å²) < 4.78 is 137. The number of nitro groups is 1. The zero-order valence-corrected chi connectivity index (χ0v) is 37.1. The number of H-pyrrole nitrogens is 2. The number of nitrogens with zero attached hydrogens (tertiary/aromatic N) is 7. The Morgan fingerprint density at radius 3 is 2.13 bits per heavy atom. The maximum atomic E-state index is 12.4. The van der Waals surface area contributed by atoms with Gasteiger partial charge in [0.05, 0.1) is 50.6 Å². The van der Waals surface area contributed by atoms with E-state index in [2.05, 4.69) is 40.5 Å². The van der Waals surface area contributed by atoms with Gasteiger partial charge < -0.3 is 5.11 Å². The molecule has 0 spiro atoms. The van der Waals surface area contributed by atoms with Crippen molar-refractivity contribution in [2.24, 2.45) is 20.1 Å². The maximum absolute atomic E-state index is 12.4. The fourth-order valence-electron chi connectivity index (χ4n) is 5.77. The lowest BCUT2D eigenvalue weighted by molar-refractivity contribution is -0.604. The van der Waals surface area contributed by atoms with Gasteiger partial charge in [-0.05, 0) is 88.9 Å². The van der Waals surface area contributed by atoms with Crippen molar-refractivity contribution in [1.29, 1.82) is 0 Å². The number of rotatable bonds is 13. The highest BCUT2D eigenvalue weighted by atomic mass is 32.2. The number of nitrogens with one attached hydrogen (secondary N) is 3. The van der Waals surface area contributed by atoms with Gasteiger partial charge in [0.2, 0.25) is 5.91 Å². The number of pyridine rings is 1. The molecule has 68 heavy (non-hydrogen) atoms. The number of nitro benzene ring substituents is 1. The molecule has 3 aromatic carbocycles. The smallest absolute Gasteiger partial charge is 0.407 e. The van der Waals surface area contributed by atoms with Crippen LogP contribution in [0.4, 0.5) is 17.1 Å². The van der Waals surface area contributed by atoms with Gasteiger partial charge in [-0.25, -0.2) is 19.3 Å². The molecular formula is C37H29N10O17S4+. The van der Waals surface area contributed by atoms with Gasteiger partial charge >= 0.3 is 27.7 Å². The van der Waals surface area contributed by atoms with Crippen molar-refractivity contribution >= 4 is 93.0 Å². The van der Waals surface area contributed by atoms with Crippen LogP contribution in [-0.2, 0) is 45.3 Å². The number of carbonyl (C=O) groups is 2. The summed E-state index contributed by atoms with van der Waals surface area (Å²) in [7, 11) is -20.0. The van der Waals surface area contributed by atoms with E-state index < -0.39 is 93.8 Å². The molecule has 0 unspecified atom stereocenters. The number of hydrogen-bond donors (Lipinski definition) is 8. The number of aromatic amines is 2. The molecule has 1 amide bonds. The van der Waals surface area contributed by atoms with Crippen LogP contribution in [-0.4, -0.2) is 100 Å². The first kappa shape index (κ1) is 49.4. The Kier molecular flexibility index (Phi) is 13.8. The molecule has 8 N–H and O–H groups in total. The fraction of sp³-hybridized carbons (Fsp3) is 0.0270. The third-order valence-electron chi connectivity index (χ3n) is 8.69. The Labute approximate surface area is 381 Å². The number of benzene rings is 3. The summed E-state index contributed by atoms with van der Waals surface area (Å²) in [6.45, 7) is 1.11. The minimum absolute atomic E-state index is 0.00591. The normalized spacial score (nSPS) is 15.2. The molecule has 352 valence electrons. The summed E-state index contributed by atoms with van der Waals surface area (Å²) in [5.74, 6) is -2.28. The van der Waals surface area contributed by atoms with Gasteiger partial charge in [0.25, 0.3) is 41.7 Å². The molecule has 0 radical (unpaired) electrons. The summed E-state index contributed by atoms with van der Waals surface area (Å²) >= 11 is 0. The fourth-order valence-corrected chi connectivity index (χ4v) is 8.28. The van der Waals surface area contributed by atoms with Crippen LogP contribution in [0.25, 0.3) is 18.1 Å². The van der Waals surface area contributed by atoms with Gasteiger partial charge in [-0.3, -0.25) is 43.5 Å². The highest BCUT2D eigenvalue weighted by molar-refractivity contribution is 7.86. The molecule has 0 saturated heterocycles. The zero-order chi connectivity index (χ0) is 49.9. The Morgan fingerprint density at radius 1 is 0.794 bits per heavy atom. The number of carboxylic acid groups (broad SMARTS) is 1. The monoisotopic (exact) mass is 1010 g/mol. The van der Waals surface area contributed by atoms with Gasteiger partial charge in [-0.15, -0.1) is 0 Å². The van der Waals surface area contributed by atoms with Crippen LogP contribution in [0.15, 0.2) is 143 Å². The predicted octanol–water partition coefficient (Wildman–Crippen LogP) is 1.82. The van der Waals surface area contributed by atoms with E-state index in [0.717, 1.165) is 54.1 Å². The van der Waals surface area contributed by atoms with Gasteiger partial charge in [0.1, 0.15) is 15.5 Å². The number of aliphatic imine (C=N–C) groups is 1. The lowest BCUT2D eigenvalue weighted by Gasteiger charge is -2.10. The quantitative estimate of drug-likeness (QED) is 0.0208. The van der Waals surface area contributed by atoms with Crippen molar-refractivity contribution in [3.05, 3.63) is 141 Å². The average Bonchev–Trinajstić information content (AvgIpc) is 3.23. The van der Waals surface area contributed by atoms with Crippen LogP contribution in [0.3, 0.4) is 0 Å². The maximum Gasteiger partial charge on any atom is 0.407 e. The molecule has 0 saturated carbocycles. The number of hydrazone groups is 1. The molecule has 31 heteroatoms. The molecule has 1 aliphatic carbocycles. The van der Waals surface area contributed by atoms with Gasteiger partial charge in [-0.2, -0.15) is 48.8 Å². The standard InChI is InChI=1S/C37H28N10O17S4/c1-20(48)38-28-16-24(9-11-27(28)45-44-25-8-7-22(32(17-25)67(59,60)61)6-4-21-5-12-30(47(51)52)33(15-21)68(62,63)64)39-35-41-36(43-37(42-35)46-14-2-3-23(19-46)34(49)50)40-29-18-26(65(53,54)55)10-13-31(29)66(56,57)58/h2-19H,1H3,(H7-,38,39,40,41,42,43,44,48,49,50,53,54,55,56,57,58,59,60,61,62,63,64)/p+1/b6-4+. The second-order valence-electron chi connectivity index (χ2n) is 13.5. The van der Waals surface area contributed by atoms with E-state index in [1.165, 1.54) is 48.7 Å². The van der Waals surface area contributed by atoms with Gasteiger partial charge in [-0.1, -0.05) is 18.2 Å². The predicted molar refractivity (Wildman–Crippen MR) is 233 cm³/mol. The van der Waals surface area contributed by atoms with E-state index in [0.29, 0.717) is 18.2 Å². The molecular weight excluding hydrogens is 985 g/mol. The van der Waals surface area contributed by atoms with Crippen molar-refractivity contribution in [2.75, 3.05) is 5.43 Å². The summed E-state index contributed by atoms with van der Waals surface area (Å²) in [5.41, 5.74) is -0.474. The Balaban J connectivity index is 1.40. The molecule has 0 bridgehead atoms. The van der Waals surface area contributed by atoms with Crippen LogP contribution in [0.1, 0.15) is 28.4 Å². The van der Waals surface area contributed by atoms with Crippen molar-refractivity contribution in [1.82, 2.24) is 15.0 Å². The molecule has 6 rings (SSSR count). The summed E-state index contributed by atoms with van der Waals surface area (Å²) in [6, 6.07) is 10.8. The van der Waals surface area contributed by atoms with Crippen molar-refractivity contribution in [2.45, 2.75) is 26.5 Å². The van der Waals surface area contributed by atoms with E-state index in [-0.39, 0.29) is 51.1 Å². The second kappa shape index (κ2) is 19.1. The van der Waals surface area contributed by atoms with Crippen LogP contribution >= 0.6 is 0 Å². The SMILES string of the molecule is CC(=O)N=C1C=C(N=c2nc(-[n+]3cccc(C(=O)O)c3)[nH]c(=Nc3cc(S(=O)(=O)O)ccc3S(=O)(=O)O)[nH]2)C=CC1=NNc1ccc(/C=C/c2ccc([N+](=O)[O-])c(S(=O)(=O)O)c2)c(S(=O)(=O)O)c1. The highest BCUT2D eigenvalue weighted by Crippen LogP contribution is 2.29. The third kappa shape index (κ3) is 12.2. The number of amides is 1.